The van der Waals surface area contributed by atoms with Gasteiger partial charge in [0.2, 0.25) is 0 Å². The van der Waals surface area contributed by atoms with E-state index < -0.39 is 0 Å². The van der Waals surface area contributed by atoms with Crippen molar-refractivity contribution in [2.24, 2.45) is 0 Å². The Labute approximate surface area is 384 Å². The minimum Gasteiger partial charge on any atom is -0.0616 e. The smallest absolute Gasteiger partial charge is 0.00206 e. The summed E-state index contributed by atoms with van der Waals surface area (Å²) in [4.78, 5) is 0. The Morgan fingerprint density at radius 3 is 1.08 bits per heavy atom. The molecule has 0 aliphatic heterocycles. The molecule has 0 aromatic heterocycles. The highest BCUT2D eigenvalue weighted by Gasteiger charge is 2.20. The summed E-state index contributed by atoms with van der Waals surface area (Å²) in [6.45, 7) is 0. The van der Waals surface area contributed by atoms with E-state index in [1.807, 2.05) is 0 Å². The van der Waals surface area contributed by atoms with Gasteiger partial charge in [0, 0.05) is 0 Å². The fourth-order valence-electron chi connectivity index (χ4n) is 10.8. The van der Waals surface area contributed by atoms with Crippen molar-refractivity contribution in [2.45, 2.75) is 0 Å². The first kappa shape index (κ1) is 37.9. The molecule has 0 saturated heterocycles. The van der Waals surface area contributed by atoms with E-state index in [0.29, 0.717) is 0 Å². The summed E-state index contributed by atoms with van der Waals surface area (Å²) in [5.41, 5.74) is 14.8. The van der Waals surface area contributed by atoms with Crippen LogP contribution in [0.25, 0.3) is 131 Å². The van der Waals surface area contributed by atoms with Crippen molar-refractivity contribution in [1.82, 2.24) is 0 Å². The van der Waals surface area contributed by atoms with Gasteiger partial charge < -0.3 is 0 Å². The topological polar surface area (TPSA) is 0 Å². The highest BCUT2D eigenvalue weighted by molar-refractivity contribution is 6.22. The Morgan fingerprint density at radius 2 is 0.515 bits per heavy atom. The Kier molecular flexibility index (Phi) is 8.96. The second-order valence-electron chi connectivity index (χ2n) is 17.5. The molecule has 0 saturated carbocycles. The quantitative estimate of drug-likeness (QED) is 0.146. The molecule has 13 rings (SSSR count). The summed E-state index contributed by atoms with van der Waals surface area (Å²) in [6, 6.07) is 94.3. The van der Waals surface area contributed by atoms with E-state index in [4.69, 9.17) is 0 Å². The number of hydrogen-bond donors (Lipinski definition) is 0. The molecule has 0 nitrogen and oxygen atoms in total. The Hall–Kier alpha value is -8.58. The van der Waals surface area contributed by atoms with Gasteiger partial charge in [-0.3, -0.25) is 0 Å². The van der Waals surface area contributed by atoms with Crippen LogP contribution < -0.4 is 0 Å². The summed E-state index contributed by atoms with van der Waals surface area (Å²) in [6.07, 6.45) is 0. The molecule has 0 aliphatic carbocycles. The third kappa shape index (κ3) is 6.22. The first-order valence-corrected chi connectivity index (χ1v) is 22.9. The van der Waals surface area contributed by atoms with Crippen molar-refractivity contribution < 1.29 is 0 Å². The molecule has 0 bridgehead atoms. The van der Waals surface area contributed by atoms with Gasteiger partial charge in [-0.1, -0.05) is 237 Å². The average molecular weight is 835 g/mol. The molecule has 0 heterocycles. The lowest BCUT2D eigenvalue weighted by atomic mass is 9.83. The molecular formula is C66H42. The second-order valence-corrected chi connectivity index (χ2v) is 17.5. The predicted octanol–water partition coefficient (Wildman–Crippen LogP) is 18.6. The molecule has 13 aromatic rings. The van der Waals surface area contributed by atoms with Crippen LogP contribution in [-0.2, 0) is 0 Å². The minimum absolute atomic E-state index is 1.20. The first-order chi connectivity index (χ1) is 32.7. The van der Waals surface area contributed by atoms with Crippen molar-refractivity contribution in [3.63, 3.8) is 0 Å². The number of rotatable bonds is 6. The van der Waals surface area contributed by atoms with Crippen LogP contribution in [-0.4, -0.2) is 0 Å². The van der Waals surface area contributed by atoms with Crippen molar-refractivity contribution in [2.75, 3.05) is 0 Å². The monoisotopic (exact) mass is 834 g/mol. The molecule has 13 aromatic carbocycles. The molecule has 0 aliphatic rings. The molecule has 306 valence electrons. The van der Waals surface area contributed by atoms with E-state index >= 15 is 0 Å². The molecule has 66 heavy (non-hydrogen) atoms. The van der Waals surface area contributed by atoms with Gasteiger partial charge in [-0.25, -0.2) is 0 Å². The maximum Gasteiger partial charge on any atom is -0.00206 e. The zero-order chi connectivity index (χ0) is 43.6. The normalized spacial score (nSPS) is 11.6. The second kappa shape index (κ2) is 15.6. The van der Waals surface area contributed by atoms with Crippen molar-refractivity contribution >= 4 is 64.6 Å². The number of hydrogen-bond acceptors (Lipinski definition) is 0. The van der Waals surface area contributed by atoms with Gasteiger partial charge in [-0.2, -0.15) is 0 Å². The molecular weight excluding hydrogens is 793 g/mol. The van der Waals surface area contributed by atoms with Crippen LogP contribution in [0.1, 0.15) is 0 Å². The standard InChI is InChI=1S/C66H42/c1-2-20-47-40-52(35-34-43(47)16-1)63-54-27-7-4-18-45(54)36-38-56(63)48-22-13-24-50(41-48)64-59-29-9-11-31-61(59)65(62-32-12-10-30-60(62)64)51-25-14-23-49(42-51)57-39-37-46-19-5-8-28-55(46)66(57)58-33-15-21-44-17-3-6-26-53(44)58/h1-42H. The van der Waals surface area contributed by atoms with E-state index in [1.165, 1.54) is 131 Å². The van der Waals surface area contributed by atoms with E-state index in [2.05, 4.69) is 255 Å². The van der Waals surface area contributed by atoms with Crippen LogP contribution in [0, 0.1) is 0 Å². The van der Waals surface area contributed by atoms with E-state index in [1.54, 1.807) is 0 Å². The minimum atomic E-state index is 1.20. The summed E-state index contributed by atoms with van der Waals surface area (Å²) >= 11 is 0. The predicted molar refractivity (Wildman–Crippen MR) is 284 cm³/mol. The summed E-state index contributed by atoms with van der Waals surface area (Å²) in [5.74, 6) is 0. The van der Waals surface area contributed by atoms with Crippen LogP contribution in [0.4, 0.5) is 0 Å². The van der Waals surface area contributed by atoms with E-state index in [0.717, 1.165) is 0 Å². The van der Waals surface area contributed by atoms with Crippen LogP contribution >= 0.6 is 0 Å². The molecule has 0 atom stereocenters. The molecule has 0 radical (unpaired) electrons. The highest BCUT2D eigenvalue weighted by atomic mass is 14.2. The van der Waals surface area contributed by atoms with Crippen molar-refractivity contribution in [3.05, 3.63) is 255 Å². The number of fused-ring (bicyclic) bond motifs is 6. The lowest BCUT2D eigenvalue weighted by Gasteiger charge is -2.20. The van der Waals surface area contributed by atoms with Crippen molar-refractivity contribution in [1.29, 1.82) is 0 Å². The van der Waals surface area contributed by atoms with E-state index in [9.17, 15) is 0 Å². The van der Waals surface area contributed by atoms with Gasteiger partial charge in [0.25, 0.3) is 0 Å². The summed E-state index contributed by atoms with van der Waals surface area (Å²) < 4.78 is 0. The van der Waals surface area contributed by atoms with E-state index in [-0.39, 0.29) is 0 Å². The lowest BCUT2D eigenvalue weighted by Crippen LogP contribution is -1.93. The fourth-order valence-corrected chi connectivity index (χ4v) is 10.8. The molecule has 0 amide bonds. The summed E-state index contributed by atoms with van der Waals surface area (Å²) in [5, 5.41) is 14.9. The van der Waals surface area contributed by atoms with Gasteiger partial charge in [-0.05, 0) is 150 Å². The van der Waals surface area contributed by atoms with Gasteiger partial charge in [0.15, 0.2) is 0 Å². The maximum absolute atomic E-state index is 2.42. The third-order valence-corrected chi connectivity index (χ3v) is 13.8. The Balaban J connectivity index is 1.00. The zero-order valence-electron chi connectivity index (χ0n) is 36.2. The van der Waals surface area contributed by atoms with Crippen LogP contribution in [0.15, 0.2) is 255 Å². The molecule has 0 heteroatoms. The summed E-state index contributed by atoms with van der Waals surface area (Å²) in [7, 11) is 0. The van der Waals surface area contributed by atoms with Crippen LogP contribution in [0.3, 0.4) is 0 Å². The molecule has 0 fully saturated rings. The zero-order valence-corrected chi connectivity index (χ0v) is 36.2. The fraction of sp³-hybridized carbons (Fsp3) is 0. The van der Waals surface area contributed by atoms with Crippen molar-refractivity contribution in [3.8, 4) is 66.8 Å². The van der Waals surface area contributed by atoms with Crippen LogP contribution in [0.5, 0.6) is 0 Å². The lowest BCUT2D eigenvalue weighted by molar-refractivity contribution is 1.60. The highest BCUT2D eigenvalue weighted by Crippen LogP contribution is 2.47. The SMILES string of the molecule is c1cc(-c2ccc3ccccc3c2-c2ccc3ccccc3c2)cc(-c2c3ccccc3c(-c3cccc(-c4ccc5ccccc5c4-c4cccc5ccccc45)c3)c3ccccc23)c1. The van der Waals surface area contributed by atoms with Gasteiger partial charge in [0.05, 0.1) is 0 Å². The molecule has 0 spiro atoms. The first-order valence-electron chi connectivity index (χ1n) is 22.9. The number of benzene rings is 13. The Morgan fingerprint density at radius 1 is 0.152 bits per heavy atom. The molecule has 0 N–H and O–H groups in total. The maximum atomic E-state index is 2.42. The largest absolute Gasteiger partial charge is 0.0616 e. The molecule has 0 unspecified atom stereocenters. The Bertz CT molecular complexity index is 3990. The van der Waals surface area contributed by atoms with Gasteiger partial charge in [-0.15, -0.1) is 0 Å². The van der Waals surface area contributed by atoms with Crippen LogP contribution in [0.2, 0.25) is 0 Å². The third-order valence-electron chi connectivity index (χ3n) is 13.8. The van der Waals surface area contributed by atoms with Gasteiger partial charge in [0.1, 0.15) is 0 Å². The average Bonchev–Trinajstić information content (AvgIpc) is 3.39. The van der Waals surface area contributed by atoms with Gasteiger partial charge >= 0.3 is 0 Å².